The maximum absolute atomic E-state index is 12.1. The van der Waals surface area contributed by atoms with Crippen LogP contribution < -0.4 is 5.73 Å². The van der Waals surface area contributed by atoms with E-state index >= 15 is 0 Å². The molecule has 5 heteroatoms. The molecule has 0 aliphatic heterocycles. The van der Waals surface area contributed by atoms with Crippen LogP contribution in [0.25, 0.3) is 0 Å². The fraction of sp³-hybridized carbons (Fsp3) is 0.571. The van der Waals surface area contributed by atoms with Gasteiger partial charge in [-0.25, -0.2) is 8.42 Å². The lowest BCUT2D eigenvalue weighted by molar-refractivity contribution is 0.335. The molecule has 1 aromatic carbocycles. The highest BCUT2D eigenvalue weighted by Crippen LogP contribution is 2.24. The molecule has 108 valence electrons. The molecular formula is C14H22ClNO2S. The Morgan fingerprint density at radius 3 is 2.42 bits per heavy atom. The van der Waals surface area contributed by atoms with Crippen LogP contribution in [0.15, 0.2) is 29.2 Å². The number of benzene rings is 1. The lowest BCUT2D eigenvalue weighted by Crippen LogP contribution is -2.23. The molecule has 19 heavy (non-hydrogen) atoms. The van der Waals surface area contributed by atoms with Crippen LogP contribution in [0.4, 0.5) is 0 Å². The third-order valence-corrected chi connectivity index (χ3v) is 5.53. The Morgan fingerprint density at radius 1 is 1.21 bits per heavy atom. The van der Waals surface area contributed by atoms with Gasteiger partial charge in [0.05, 0.1) is 15.7 Å². The van der Waals surface area contributed by atoms with Crippen LogP contribution >= 0.6 is 11.6 Å². The van der Waals surface area contributed by atoms with Gasteiger partial charge >= 0.3 is 0 Å². The summed E-state index contributed by atoms with van der Waals surface area (Å²) in [7, 11) is -3.28. The summed E-state index contributed by atoms with van der Waals surface area (Å²) in [6, 6.07) is 6.58. The van der Waals surface area contributed by atoms with E-state index in [-0.39, 0.29) is 16.1 Å². The summed E-state index contributed by atoms with van der Waals surface area (Å²) in [4.78, 5) is 0.231. The fourth-order valence-corrected chi connectivity index (χ4v) is 3.75. The standard InChI is InChI=1S/C14H22ClNO2S/c1-14(2,11-16)9-5-6-10-19(17,18)13-8-4-3-7-12(13)15/h3-4,7-8H,5-6,9-11,16H2,1-2H3. The van der Waals surface area contributed by atoms with Crippen molar-refractivity contribution in [3.63, 3.8) is 0 Å². The number of nitrogens with two attached hydrogens (primary N) is 1. The average Bonchev–Trinajstić information content (AvgIpc) is 2.35. The molecule has 0 aromatic heterocycles. The second kappa shape index (κ2) is 6.73. The predicted molar refractivity (Wildman–Crippen MR) is 80.2 cm³/mol. The second-order valence-electron chi connectivity index (χ2n) is 5.57. The van der Waals surface area contributed by atoms with Gasteiger partial charge in [0.2, 0.25) is 0 Å². The molecule has 0 bridgehead atoms. The second-order valence-corrected chi connectivity index (χ2v) is 8.06. The minimum atomic E-state index is -3.28. The van der Waals surface area contributed by atoms with Gasteiger partial charge in [0.1, 0.15) is 0 Å². The molecule has 0 aliphatic rings. The van der Waals surface area contributed by atoms with Crippen molar-refractivity contribution in [3.05, 3.63) is 29.3 Å². The van der Waals surface area contributed by atoms with Gasteiger partial charge in [-0.1, -0.05) is 44.0 Å². The lowest BCUT2D eigenvalue weighted by atomic mass is 9.88. The minimum absolute atomic E-state index is 0.0775. The van der Waals surface area contributed by atoms with Gasteiger partial charge in [0, 0.05) is 0 Å². The summed E-state index contributed by atoms with van der Waals surface area (Å²) in [5, 5.41) is 0.296. The highest BCUT2D eigenvalue weighted by Gasteiger charge is 2.19. The predicted octanol–water partition coefficient (Wildman–Crippen LogP) is 3.27. The molecule has 0 saturated carbocycles. The Hall–Kier alpha value is -0.580. The fourth-order valence-electron chi connectivity index (χ4n) is 1.80. The van der Waals surface area contributed by atoms with Crippen LogP contribution in [-0.2, 0) is 9.84 Å². The first-order valence-corrected chi connectivity index (χ1v) is 8.49. The number of hydrogen-bond acceptors (Lipinski definition) is 3. The van der Waals surface area contributed by atoms with Gasteiger partial charge < -0.3 is 5.73 Å². The van der Waals surface area contributed by atoms with Crippen LogP contribution in [0.3, 0.4) is 0 Å². The largest absolute Gasteiger partial charge is 0.330 e. The third-order valence-electron chi connectivity index (χ3n) is 3.24. The van der Waals surface area contributed by atoms with Crippen LogP contribution in [0, 0.1) is 5.41 Å². The van der Waals surface area contributed by atoms with E-state index < -0.39 is 9.84 Å². The summed E-state index contributed by atoms with van der Waals surface area (Å²) in [6.45, 7) is 4.80. The van der Waals surface area contributed by atoms with Crippen LogP contribution in [0.2, 0.25) is 5.02 Å². The topological polar surface area (TPSA) is 60.2 Å². The molecule has 3 nitrogen and oxygen atoms in total. The first-order valence-electron chi connectivity index (χ1n) is 6.46. The summed E-state index contributed by atoms with van der Waals surface area (Å²) in [6.07, 6.45) is 2.42. The van der Waals surface area contributed by atoms with E-state index in [1.54, 1.807) is 24.3 Å². The molecule has 2 N–H and O–H groups in total. The summed E-state index contributed by atoms with van der Waals surface area (Å²) >= 11 is 5.92. The first-order chi connectivity index (χ1) is 8.78. The lowest BCUT2D eigenvalue weighted by Gasteiger charge is -2.21. The Kier molecular flexibility index (Phi) is 5.83. The van der Waals surface area contributed by atoms with Crippen molar-refractivity contribution in [3.8, 4) is 0 Å². The van der Waals surface area contributed by atoms with E-state index in [0.717, 1.165) is 12.8 Å². The molecule has 0 radical (unpaired) electrons. The summed E-state index contributed by atoms with van der Waals surface area (Å²) in [5.41, 5.74) is 5.73. The Bertz CT molecular complexity index is 512. The SMILES string of the molecule is CC(C)(CN)CCCCS(=O)(=O)c1ccccc1Cl. The smallest absolute Gasteiger partial charge is 0.179 e. The van der Waals surface area contributed by atoms with E-state index in [1.807, 2.05) is 0 Å². The molecule has 1 rings (SSSR count). The Balaban J connectivity index is 2.56. The van der Waals surface area contributed by atoms with Crippen LogP contribution in [0.1, 0.15) is 33.1 Å². The van der Waals surface area contributed by atoms with Crippen LogP contribution in [0.5, 0.6) is 0 Å². The zero-order valence-corrected chi connectivity index (χ0v) is 13.1. The number of unbranched alkanes of at least 4 members (excludes halogenated alkanes) is 1. The highest BCUT2D eigenvalue weighted by atomic mass is 35.5. The average molecular weight is 304 g/mol. The van der Waals surface area contributed by atoms with Gasteiger partial charge in [-0.3, -0.25) is 0 Å². The van der Waals surface area contributed by atoms with E-state index in [1.165, 1.54) is 0 Å². The van der Waals surface area contributed by atoms with Crippen LogP contribution in [-0.4, -0.2) is 20.7 Å². The minimum Gasteiger partial charge on any atom is -0.330 e. The summed E-state index contributed by atoms with van der Waals surface area (Å²) in [5.74, 6) is 0.136. The van der Waals surface area contributed by atoms with Crippen molar-refractivity contribution in [2.24, 2.45) is 11.1 Å². The van der Waals surface area contributed by atoms with Crippen molar-refractivity contribution in [2.45, 2.75) is 38.0 Å². The maximum Gasteiger partial charge on any atom is 0.179 e. The number of rotatable bonds is 7. The normalized spacial score (nSPS) is 12.6. The van der Waals surface area contributed by atoms with Crippen molar-refractivity contribution in [1.29, 1.82) is 0 Å². The molecule has 0 saturated heterocycles. The van der Waals surface area contributed by atoms with E-state index in [0.29, 0.717) is 18.0 Å². The Morgan fingerprint density at radius 2 is 1.84 bits per heavy atom. The van der Waals surface area contributed by atoms with Crippen molar-refractivity contribution >= 4 is 21.4 Å². The zero-order valence-electron chi connectivity index (χ0n) is 11.5. The monoisotopic (exact) mass is 303 g/mol. The van der Waals surface area contributed by atoms with Crippen molar-refractivity contribution in [2.75, 3.05) is 12.3 Å². The number of hydrogen-bond donors (Lipinski definition) is 1. The van der Waals surface area contributed by atoms with Gasteiger partial charge in [-0.2, -0.15) is 0 Å². The quantitative estimate of drug-likeness (QED) is 0.786. The van der Waals surface area contributed by atoms with Gasteiger partial charge in [0.15, 0.2) is 9.84 Å². The molecule has 0 atom stereocenters. The number of sulfone groups is 1. The molecular weight excluding hydrogens is 282 g/mol. The molecule has 0 fully saturated rings. The van der Waals surface area contributed by atoms with E-state index in [2.05, 4.69) is 13.8 Å². The molecule has 0 amide bonds. The number of halogens is 1. The molecule has 0 heterocycles. The molecule has 0 unspecified atom stereocenters. The van der Waals surface area contributed by atoms with Gasteiger partial charge in [0.25, 0.3) is 0 Å². The highest BCUT2D eigenvalue weighted by molar-refractivity contribution is 7.91. The van der Waals surface area contributed by atoms with Crippen molar-refractivity contribution < 1.29 is 8.42 Å². The Labute approximate surface area is 121 Å². The van der Waals surface area contributed by atoms with E-state index in [9.17, 15) is 8.42 Å². The maximum atomic E-state index is 12.1. The van der Waals surface area contributed by atoms with Gasteiger partial charge in [-0.05, 0) is 36.9 Å². The van der Waals surface area contributed by atoms with Crippen molar-refractivity contribution in [1.82, 2.24) is 0 Å². The third kappa shape index (κ3) is 5.13. The van der Waals surface area contributed by atoms with E-state index in [4.69, 9.17) is 17.3 Å². The first kappa shape index (κ1) is 16.5. The molecule has 0 aliphatic carbocycles. The van der Waals surface area contributed by atoms with Gasteiger partial charge in [-0.15, -0.1) is 0 Å². The molecule has 0 spiro atoms. The molecule has 1 aromatic rings. The summed E-state index contributed by atoms with van der Waals surface area (Å²) < 4.78 is 24.3. The zero-order chi connectivity index (χ0) is 14.5.